The maximum Gasteiger partial charge on any atom is 0.159 e. The van der Waals surface area contributed by atoms with E-state index in [0.29, 0.717) is 38.8 Å². The number of nitrogens with zero attached hydrogens (tertiary/aromatic N) is 4. The fourth-order valence-corrected chi connectivity index (χ4v) is 3.90. The van der Waals surface area contributed by atoms with E-state index in [1.165, 1.54) is 30.6 Å². The largest absolute Gasteiger partial charge is 0.494 e. The zero-order valence-corrected chi connectivity index (χ0v) is 22.4. The average Bonchev–Trinajstić information content (AvgIpc) is 3.02. The first kappa shape index (κ1) is 19.6. The van der Waals surface area contributed by atoms with E-state index in [2.05, 4.69) is 21.4 Å². The Morgan fingerprint density at radius 2 is 2.12 bits per heavy atom. The fourth-order valence-electron chi connectivity index (χ4n) is 3.68. The predicted octanol–water partition coefficient (Wildman–Crippen LogP) is 6.11. The van der Waals surface area contributed by atoms with Crippen LogP contribution >= 0.6 is 11.6 Å². The van der Waals surface area contributed by atoms with E-state index in [1.54, 1.807) is 37.3 Å². The molecule has 8 nitrogen and oxygen atoms in total. The Hall–Kier alpha value is -4.45. The highest BCUT2D eigenvalue weighted by Crippen LogP contribution is 2.36. The van der Waals surface area contributed by atoms with E-state index in [9.17, 15) is 10.1 Å². The number of halogens is 1. The number of hydrogen-bond acceptors (Lipinski definition) is 8. The van der Waals surface area contributed by atoms with Gasteiger partial charge in [-0.2, -0.15) is 5.26 Å². The van der Waals surface area contributed by atoms with Crippen LogP contribution in [0.5, 0.6) is 11.5 Å². The lowest BCUT2D eigenvalue weighted by Gasteiger charge is -2.16. The Bertz CT molecular complexity index is 1900. The number of aromatic nitrogens is 2. The Labute approximate surface area is 250 Å². The number of hydrogen-bond donors (Lipinski definition) is 1. The molecule has 0 aliphatic heterocycles. The van der Waals surface area contributed by atoms with Gasteiger partial charge in [0.15, 0.2) is 5.78 Å². The number of nitriles is 1. The highest BCUT2D eigenvalue weighted by Gasteiger charge is 2.16. The molecule has 40 heavy (non-hydrogen) atoms. The van der Waals surface area contributed by atoms with Crippen molar-refractivity contribution in [1.29, 1.82) is 5.26 Å². The van der Waals surface area contributed by atoms with Crippen molar-refractivity contribution in [3.05, 3.63) is 94.9 Å². The normalized spacial score (nSPS) is 15.3. The zero-order chi connectivity index (χ0) is 35.4. The fraction of sp³-hybridized carbons (Fsp3) is 0.226. The quantitative estimate of drug-likeness (QED) is 0.206. The van der Waals surface area contributed by atoms with Crippen LogP contribution in [0.15, 0.2) is 73.1 Å². The highest BCUT2D eigenvalue weighted by atomic mass is 35.5. The molecule has 4 rings (SSSR count). The van der Waals surface area contributed by atoms with Crippen LogP contribution in [0.1, 0.15) is 34.7 Å². The van der Waals surface area contributed by atoms with Crippen LogP contribution in [-0.2, 0) is 17.8 Å². The van der Waals surface area contributed by atoms with Gasteiger partial charge in [-0.05, 0) is 63.4 Å². The third kappa shape index (κ3) is 7.35. The minimum Gasteiger partial charge on any atom is -0.494 e. The molecule has 0 saturated heterocycles. The molecule has 0 spiro atoms. The minimum atomic E-state index is -2.80. The van der Waals surface area contributed by atoms with Crippen LogP contribution in [0.2, 0.25) is 5.02 Å². The molecule has 2 heterocycles. The van der Waals surface area contributed by atoms with E-state index in [1.807, 2.05) is 0 Å². The maximum atomic E-state index is 13.1. The first-order chi connectivity index (χ1) is 22.5. The van der Waals surface area contributed by atoms with Crippen molar-refractivity contribution in [2.24, 2.45) is 0 Å². The second-order valence-electron chi connectivity index (χ2n) is 8.33. The first-order valence-corrected chi connectivity index (χ1v) is 12.5. The van der Waals surface area contributed by atoms with E-state index in [4.69, 9.17) is 32.0 Å². The summed E-state index contributed by atoms with van der Waals surface area (Å²) in [4.78, 5) is 22.0. The molecule has 0 aliphatic rings. The molecule has 0 unspecified atom stereocenters. The Kier molecular flexibility index (Phi) is 6.64. The third-order valence-corrected chi connectivity index (χ3v) is 5.74. The summed E-state index contributed by atoms with van der Waals surface area (Å²) in [6.45, 7) is -5.72. The number of ketones is 1. The molecule has 1 N–H and O–H groups in total. The molecule has 4 aromatic rings. The Balaban J connectivity index is 1.69. The van der Waals surface area contributed by atoms with Crippen molar-refractivity contribution in [2.75, 3.05) is 32.4 Å². The zero-order valence-electron chi connectivity index (χ0n) is 29.7. The lowest BCUT2D eigenvalue weighted by molar-refractivity contribution is -0.114. The summed E-state index contributed by atoms with van der Waals surface area (Å²) in [7, 11) is 1.03. The van der Waals surface area contributed by atoms with Crippen LogP contribution in [0, 0.1) is 11.3 Å². The average molecular weight is 564 g/mol. The molecule has 2 aromatic heterocycles. The van der Waals surface area contributed by atoms with Gasteiger partial charge < -0.3 is 19.7 Å². The number of anilines is 2. The summed E-state index contributed by atoms with van der Waals surface area (Å²) in [5, 5.41) is 13.5. The molecular weight excluding hydrogens is 526 g/mol. The smallest absolute Gasteiger partial charge is 0.159 e. The number of likely N-dealkylation sites (N-methyl/N-ethyl adjacent to an activating group) is 1. The molecule has 9 heteroatoms. The molecular formula is C31H30ClN5O3. The van der Waals surface area contributed by atoms with E-state index in [-0.39, 0.29) is 34.4 Å². The second-order valence-corrected chi connectivity index (χ2v) is 8.74. The summed E-state index contributed by atoms with van der Waals surface area (Å²) in [6, 6.07) is 13.8. The summed E-state index contributed by atoms with van der Waals surface area (Å²) in [6.07, 6.45) is 3.05. The molecule has 0 amide bonds. The first-order valence-electron chi connectivity index (χ1n) is 16.1. The third-order valence-electron chi connectivity index (χ3n) is 5.44. The molecule has 0 aliphatic carbocycles. The summed E-state index contributed by atoms with van der Waals surface area (Å²) in [5.41, 5.74) is 1.65. The van der Waals surface area contributed by atoms with Crippen molar-refractivity contribution < 1.29 is 25.2 Å². The van der Waals surface area contributed by atoms with Crippen molar-refractivity contribution in [2.45, 2.75) is 19.9 Å². The number of carbonyl (C=O) groups excluding carboxylic acids is 1. The van der Waals surface area contributed by atoms with Crippen LogP contribution in [0.4, 0.5) is 11.4 Å². The highest BCUT2D eigenvalue weighted by molar-refractivity contribution is 6.32. The van der Waals surface area contributed by atoms with E-state index < -0.39 is 38.3 Å². The van der Waals surface area contributed by atoms with Gasteiger partial charge in [0, 0.05) is 54.9 Å². The number of pyridine rings is 2. The van der Waals surface area contributed by atoms with Gasteiger partial charge in [-0.1, -0.05) is 23.7 Å². The molecule has 0 fully saturated rings. The van der Waals surface area contributed by atoms with Gasteiger partial charge >= 0.3 is 0 Å². The van der Waals surface area contributed by atoms with Crippen LogP contribution in [-0.4, -0.2) is 47.8 Å². The lowest BCUT2D eigenvalue weighted by atomic mass is 10.0. The van der Waals surface area contributed by atoms with Crippen molar-refractivity contribution in [3.8, 4) is 17.6 Å². The lowest BCUT2D eigenvalue weighted by Crippen LogP contribution is -2.11. The number of carbonyl (C=O) groups is 1. The second kappa shape index (κ2) is 13.6. The molecule has 0 atom stereocenters. The number of rotatable bonds is 12. The number of allylic oxidation sites excluding steroid dienone is 1. The van der Waals surface area contributed by atoms with Gasteiger partial charge in [0.25, 0.3) is 0 Å². The van der Waals surface area contributed by atoms with Gasteiger partial charge in [-0.15, -0.1) is 0 Å². The SMILES string of the molecule is [2H]/C(=C\C([2H])([2H])N(C)C([2H])([2H])[2H])C(=O)Cc1cc2c(Nc3ccc(OC([2H])([2H])c4ccccn4)c(Cl)c3)c(C#N)cnc2cc1OCC. The van der Waals surface area contributed by atoms with Crippen LogP contribution in [0.25, 0.3) is 10.9 Å². The molecule has 0 saturated carbocycles. The summed E-state index contributed by atoms with van der Waals surface area (Å²) >= 11 is 6.47. The standard InChI is InChI=1S/C31H30ClN5O3/c1-4-39-30-17-28-26(15-21(30)14-25(38)9-7-13-37(2)3)31(22(18-33)19-35-28)36-23-10-11-29(27(32)16-23)40-20-24-8-5-6-12-34-24/h5-12,15-17,19H,4,13-14,20H2,1-3H3,(H,35,36)/b9-7+/i2D3,9D,13D2,20D2. The summed E-state index contributed by atoms with van der Waals surface area (Å²) < 4.78 is 74.6. The van der Waals surface area contributed by atoms with Gasteiger partial charge in [-0.3, -0.25) is 14.8 Å². The van der Waals surface area contributed by atoms with Gasteiger partial charge in [0.1, 0.15) is 24.1 Å². The van der Waals surface area contributed by atoms with Crippen LogP contribution < -0.4 is 14.8 Å². The number of nitrogens with one attached hydrogen (secondary N) is 1. The van der Waals surface area contributed by atoms with Crippen molar-refractivity contribution in [1.82, 2.24) is 14.9 Å². The van der Waals surface area contributed by atoms with Gasteiger partial charge in [0.05, 0.1) is 38.2 Å². The van der Waals surface area contributed by atoms with Gasteiger partial charge in [-0.25, -0.2) is 0 Å². The Morgan fingerprint density at radius 3 is 2.85 bits per heavy atom. The summed E-state index contributed by atoms with van der Waals surface area (Å²) in [5.74, 6) is -0.470. The maximum absolute atomic E-state index is 13.1. The van der Waals surface area contributed by atoms with Gasteiger partial charge in [0.2, 0.25) is 0 Å². The predicted molar refractivity (Wildman–Crippen MR) is 157 cm³/mol. The number of benzene rings is 2. The molecule has 0 radical (unpaired) electrons. The number of fused-ring (bicyclic) bond motifs is 1. The molecule has 204 valence electrons. The Morgan fingerprint density at radius 1 is 1.25 bits per heavy atom. The van der Waals surface area contributed by atoms with Crippen LogP contribution in [0.3, 0.4) is 0 Å². The van der Waals surface area contributed by atoms with E-state index >= 15 is 0 Å². The van der Waals surface area contributed by atoms with Crippen molar-refractivity contribution in [3.63, 3.8) is 0 Å². The monoisotopic (exact) mass is 563 g/mol. The van der Waals surface area contributed by atoms with E-state index in [0.717, 1.165) is 7.05 Å². The minimum absolute atomic E-state index is 0.0498. The van der Waals surface area contributed by atoms with Crippen molar-refractivity contribution >= 4 is 39.7 Å². The number of ether oxygens (including phenoxy) is 2. The molecule has 2 aromatic carbocycles. The topological polar surface area (TPSA) is 100 Å². The molecule has 0 bridgehead atoms.